The van der Waals surface area contributed by atoms with E-state index < -0.39 is 0 Å². The second-order valence-electron chi connectivity index (χ2n) is 4.02. The third kappa shape index (κ3) is 1.65. The van der Waals surface area contributed by atoms with Crippen LogP contribution < -0.4 is 11.4 Å². The van der Waals surface area contributed by atoms with Gasteiger partial charge in [-0.15, -0.1) is 0 Å². The molecule has 2 N–H and O–H groups in total. The zero-order valence-electron chi connectivity index (χ0n) is 9.70. The Bertz CT molecular complexity index is 767. The first-order valence-corrected chi connectivity index (χ1v) is 5.37. The summed E-state index contributed by atoms with van der Waals surface area (Å²) in [6.07, 6.45) is 1.45. The van der Waals surface area contributed by atoms with E-state index in [0.29, 0.717) is 22.7 Å². The molecule has 0 bridgehead atoms. The number of hydrogen-bond donors (Lipinski definition) is 1. The highest BCUT2D eigenvalue weighted by molar-refractivity contribution is 5.76. The lowest BCUT2D eigenvalue weighted by Crippen LogP contribution is -2.23. The molecule has 0 amide bonds. The Morgan fingerprint density at radius 1 is 1.44 bits per heavy atom. The van der Waals surface area contributed by atoms with Gasteiger partial charge in [0.25, 0.3) is 0 Å². The van der Waals surface area contributed by atoms with Crippen molar-refractivity contribution >= 4 is 16.8 Å². The number of hydrogen-bond acceptors (Lipinski definition) is 5. The van der Waals surface area contributed by atoms with E-state index in [-0.39, 0.29) is 12.2 Å². The zero-order valence-corrected chi connectivity index (χ0v) is 9.70. The van der Waals surface area contributed by atoms with Gasteiger partial charge < -0.3 is 10.2 Å². The lowest BCUT2D eigenvalue weighted by molar-refractivity contribution is 0.483. The number of benzene rings is 1. The molecule has 18 heavy (non-hydrogen) atoms. The maximum absolute atomic E-state index is 11.6. The Kier molecular flexibility index (Phi) is 2.19. The van der Waals surface area contributed by atoms with E-state index in [9.17, 15) is 4.79 Å². The Labute approximate surface area is 101 Å². The summed E-state index contributed by atoms with van der Waals surface area (Å²) in [4.78, 5) is 15.9. The lowest BCUT2D eigenvalue weighted by Gasteiger charge is -1.92. The van der Waals surface area contributed by atoms with Gasteiger partial charge in [-0.3, -0.25) is 4.57 Å². The van der Waals surface area contributed by atoms with Gasteiger partial charge in [0.2, 0.25) is 5.89 Å². The number of oxazole rings is 1. The molecule has 3 aromatic rings. The second-order valence-corrected chi connectivity index (χ2v) is 4.02. The first-order chi connectivity index (χ1) is 8.63. The third-order valence-electron chi connectivity index (χ3n) is 2.63. The van der Waals surface area contributed by atoms with Crippen LogP contribution in [0.4, 0.5) is 5.69 Å². The Morgan fingerprint density at radius 2 is 2.28 bits per heavy atom. The van der Waals surface area contributed by atoms with Gasteiger partial charge in [0.15, 0.2) is 5.58 Å². The van der Waals surface area contributed by atoms with Crippen LogP contribution in [0.3, 0.4) is 0 Å². The van der Waals surface area contributed by atoms with Crippen molar-refractivity contribution in [3.8, 4) is 0 Å². The highest BCUT2D eigenvalue weighted by Gasteiger charge is 2.09. The molecule has 0 saturated heterocycles. The Balaban J connectivity index is 2.00. The highest BCUT2D eigenvalue weighted by atomic mass is 16.3. The summed E-state index contributed by atoms with van der Waals surface area (Å²) in [5.74, 6) is 0.427. The van der Waals surface area contributed by atoms with Crippen LogP contribution in [0.15, 0.2) is 33.7 Å². The summed E-state index contributed by atoms with van der Waals surface area (Å²) in [6, 6.07) is 5.22. The molecule has 0 spiro atoms. The number of fused-ring (bicyclic) bond motifs is 1. The summed E-state index contributed by atoms with van der Waals surface area (Å²) < 4.78 is 8.19. The van der Waals surface area contributed by atoms with Crippen LogP contribution in [0.2, 0.25) is 0 Å². The van der Waals surface area contributed by atoms with Crippen LogP contribution in [0.25, 0.3) is 11.1 Å². The van der Waals surface area contributed by atoms with Gasteiger partial charge >= 0.3 is 5.69 Å². The molecular formula is C11H11N5O2. The number of nitrogens with two attached hydrogens (primary N) is 1. The van der Waals surface area contributed by atoms with E-state index in [2.05, 4.69) is 10.1 Å². The smallest absolute Gasteiger partial charge is 0.345 e. The van der Waals surface area contributed by atoms with Crippen LogP contribution >= 0.6 is 0 Å². The molecule has 0 saturated carbocycles. The molecule has 0 radical (unpaired) electrons. The summed E-state index contributed by atoms with van der Waals surface area (Å²) in [7, 11) is 1.64. The fourth-order valence-corrected chi connectivity index (χ4v) is 1.72. The van der Waals surface area contributed by atoms with Gasteiger partial charge in [-0.25, -0.2) is 14.5 Å². The average molecular weight is 245 g/mol. The maximum atomic E-state index is 11.6. The number of nitrogens with zero attached hydrogens (tertiary/aromatic N) is 4. The predicted molar refractivity (Wildman–Crippen MR) is 65.0 cm³/mol. The molecular weight excluding hydrogens is 234 g/mol. The predicted octanol–water partition coefficient (Wildman–Crippen LogP) is 0.353. The summed E-state index contributed by atoms with van der Waals surface area (Å²) in [5, 5.41) is 3.94. The molecule has 92 valence electrons. The van der Waals surface area contributed by atoms with E-state index in [0.717, 1.165) is 0 Å². The molecule has 0 atom stereocenters. The summed E-state index contributed by atoms with van der Waals surface area (Å²) in [5.41, 5.74) is 7.39. The minimum absolute atomic E-state index is 0.203. The van der Waals surface area contributed by atoms with Gasteiger partial charge in [0.05, 0.1) is 0 Å². The van der Waals surface area contributed by atoms with Crippen molar-refractivity contribution in [1.29, 1.82) is 0 Å². The topological polar surface area (TPSA) is 91.9 Å². The summed E-state index contributed by atoms with van der Waals surface area (Å²) in [6.45, 7) is 0.203. The molecule has 3 rings (SSSR count). The molecule has 1 aromatic carbocycles. The van der Waals surface area contributed by atoms with Gasteiger partial charge in [-0.05, 0) is 18.2 Å². The average Bonchev–Trinajstić information content (AvgIpc) is 2.86. The maximum Gasteiger partial charge on any atom is 0.345 e. The van der Waals surface area contributed by atoms with Gasteiger partial charge in [-0.2, -0.15) is 5.10 Å². The highest BCUT2D eigenvalue weighted by Crippen LogP contribution is 2.18. The molecule has 2 aromatic heterocycles. The third-order valence-corrected chi connectivity index (χ3v) is 2.63. The van der Waals surface area contributed by atoms with Crippen molar-refractivity contribution in [3.63, 3.8) is 0 Å². The molecule has 0 unspecified atom stereocenters. The largest absolute Gasteiger partial charge is 0.439 e. The van der Waals surface area contributed by atoms with Crippen molar-refractivity contribution in [3.05, 3.63) is 40.9 Å². The van der Waals surface area contributed by atoms with Crippen LogP contribution in [-0.4, -0.2) is 19.3 Å². The Morgan fingerprint density at radius 3 is 3.00 bits per heavy atom. The van der Waals surface area contributed by atoms with Crippen molar-refractivity contribution in [2.24, 2.45) is 7.05 Å². The fourth-order valence-electron chi connectivity index (χ4n) is 1.72. The molecule has 2 heterocycles. The quantitative estimate of drug-likeness (QED) is 0.658. The monoisotopic (exact) mass is 245 g/mol. The SMILES string of the molecule is Cn1cnn(Cc2nc3cc(N)ccc3o2)c1=O. The van der Waals surface area contributed by atoms with Crippen molar-refractivity contribution < 1.29 is 4.42 Å². The molecule has 0 fully saturated rings. The first kappa shape index (κ1) is 10.6. The number of rotatable bonds is 2. The standard InChI is InChI=1S/C11H11N5O2/c1-15-6-13-16(11(15)17)5-10-14-8-4-7(12)2-3-9(8)18-10/h2-4,6H,5,12H2,1H3. The molecule has 7 heteroatoms. The van der Waals surface area contributed by atoms with Crippen molar-refractivity contribution in [1.82, 2.24) is 19.3 Å². The van der Waals surface area contributed by atoms with E-state index in [1.165, 1.54) is 15.6 Å². The van der Waals surface area contributed by atoms with Crippen molar-refractivity contribution in [2.45, 2.75) is 6.54 Å². The zero-order chi connectivity index (χ0) is 12.7. The molecule has 0 aliphatic rings. The first-order valence-electron chi connectivity index (χ1n) is 5.37. The van der Waals surface area contributed by atoms with Gasteiger partial charge in [0, 0.05) is 12.7 Å². The van der Waals surface area contributed by atoms with Crippen LogP contribution in [0, 0.1) is 0 Å². The van der Waals surface area contributed by atoms with Crippen molar-refractivity contribution in [2.75, 3.05) is 5.73 Å². The van der Waals surface area contributed by atoms with E-state index in [1.54, 1.807) is 25.2 Å². The molecule has 7 nitrogen and oxygen atoms in total. The summed E-state index contributed by atoms with van der Waals surface area (Å²) >= 11 is 0. The lowest BCUT2D eigenvalue weighted by atomic mass is 10.3. The van der Waals surface area contributed by atoms with Gasteiger partial charge in [0.1, 0.15) is 18.4 Å². The number of aromatic nitrogens is 4. The van der Waals surface area contributed by atoms with E-state index in [4.69, 9.17) is 10.2 Å². The molecule has 0 aliphatic carbocycles. The Hall–Kier alpha value is -2.57. The van der Waals surface area contributed by atoms with Crippen LogP contribution in [0.1, 0.15) is 5.89 Å². The fraction of sp³-hybridized carbons (Fsp3) is 0.182. The number of anilines is 1. The van der Waals surface area contributed by atoms with Crippen LogP contribution in [-0.2, 0) is 13.6 Å². The minimum atomic E-state index is -0.211. The number of aryl methyl sites for hydroxylation is 1. The van der Waals surface area contributed by atoms with E-state index >= 15 is 0 Å². The van der Waals surface area contributed by atoms with Gasteiger partial charge in [-0.1, -0.05) is 0 Å². The van der Waals surface area contributed by atoms with Crippen LogP contribution in [0.5, 0.6) is 0 Å². The van der Waals surface area contributed by atoms with E-state index in [1.807, 2.05) is 0 Å². The normalized spacial score (nSPS) is 11.2. The molecule has 0 aliphatic heterocycles. The minimum Gasteiger partial charge on any atom is -0.439 e. The number of nitrogen functional groups attached to an aromatic ring is 1. The second kappa shape index (κ2) is 3.73.